The summed E-state index contributed by atoms with van der Waals surface area (Å²) in [7, 11) is -18.1. The van der Waals surface area contributed by atoms with Gasteiger partial charge in [0, 0.05) is 12.7 Å². The second-order valence-electron chi connectivity index (χ2n) is 6.02. The molecule has 2 heterocycles. The van der Waals surface area contributed by atoms with E-state index in [-0.39, 0.29) is 18.1 Å². The number of phosphoric acid groups is 3. The average molecular weight is 507 g/mol. The Balaban J connectivity index is 2.11. The zero-order chi connectivity index (χ0) is 23.8. The van der Waals surface area contributed by atoms with Gasteiger partial charge in [-0.25, -0.2) is 4.31 Å². The molecule has 17 nitrogen and oxygen atoms in total. The van der Waals surface area contributed by atoms with Crippen LogP contribution in [0.15, 0.2) is 11.0 Å². The number of anilines is 1. The highest BCUT2D eigenvalue weighted by Crippen LogP contribution is 2.60. The Bertz CT molecular complexity index is 1010. The highest BCUT2D eigenvalue weighted by molar-refractivity contribution is 7.64. The maximum Gasteiger partial charge on any atom is 0.280 e. The lowest BCUT2D eigenvalue weighted by Crippen LogP contribution is -2.34. The van der Waals surface area contributed by atoms with Crippen LogP contribution in [0, 0.1) is 0 Å². The zero-order valence-corrected chi connectivity index (χ0v) is 18.1. The molecule has 4 N–H and O–H groups in total. The summed E-state index contributed by atoms with van der Waals surface area (Å²) in [5, 5.41) is 20.2. The third-order valence-corrected chi connectivity index (χ3v) is 7.52. The maximum absolute atomic E-state index is 12.1. The van der Waals surface area contributed by atoms with E-state index in [0.29, 0.717) is 0 Å². The number of nitrogens with two attached hydrogens (primary N) is 1. The molecule has 0 aromatic carbocycles. The molecule has 1 aromatic rings. The lowest BCUT2D eigenvalue weighted by molar-refractivity contribution is -0.339. The van der Waals surface area contributed by atoms with Gasteiger partial charge in [0.1, 0.15) is 24.4 Å². The Morgan fingerprint density at radius 3 is 2.32 bits per heavy atom. The van der Waals surface area contributed by atoms with E-state index in [2.05, 4.69) is 18.1 Å². The van der Waals surface area contributed by atoms with Crippen LogP contribution in [0.3, 0.4) is 0 Å². The van der Waals surface area contributed by atoms with Crippen LogP contribution in [0.2, 0.25) is 0 Å². The predicted octanol–water partition coefficient (Wildman–Crippen LogP) is -4.18. The molecular formula is C11H16N3O14P3-4. The molecule has 0 saturated carbocycles. The number of hydrogen-bond acceptors (Lipinski definition) is 16. The van der Waals surface area contributed by atoms with Crippen LogP contribution < -0.4 is 30.9 Å². The minimum absolute atomic E-state index is 0.126. The standard InChI is InChI=1S/C11H20N3O14P3/c1-2-14-3-5(10(17)13-11(14)12)9-8(16)7(15)6(26-9)4-25-30(21,22)28-31(23,24)27-29(18,19)20/h3,6-9,15-16H,2,4H2,1H3,(H,21,22)(H,23,24)(H2,12,13,17)(H2,18,19,20)/p-4. The van der Waals surface area contributed by atoms with E-state index >= 15 is 0 Å². The largest absolute Gasteiger partial charge is 0.790 e. The lowest BCUT2D eigenvalue weighted by atomic mass is 10.0. The summed E-state index contributed by atoms with van der Waals surface area (Å²) in [5.74, 6) is -0.126. The average Bonchev–Trinajstić information content (AvgIpc) is 2.85. The summed E-state index contributed by atoms with van der Waals surface area (Å²) in [4.78, 5) is 58.9. The summed E-state index contributed by atoms with van der Waals surface area (Å²) < 4.78 is 50.1. The van der Waals surface area contributed by atoms with Gasteiger partial charge in [0.15, 0.2) is 0 Å². The first-order valence-electron chi connectivity index (χ1n) is 8.15. The van der Waals surface area contributed by atoms with Crippen LogP contribution in [0.4, 0.5) is 5.95 Å². The fraction of sp³-hybridized carbons (Fsp3) is 0.636. The molecule has 0 bridgehead atoms. The number of aryl methyl sites for hydroxylation is 1. The van der Waals surface area contributed by atoms with Crippen LogP contribution in [0.25, 0.3) is 0 Å². The molecule has 6 atom stereocenters. The first-order chi connectivity index (χ1) is 14.1. The molecule has 1 aliphatic heterocycles. The summed E-state index contributed by atoms with van der Waals surface area (Å²) in [6.07, 6.45) is -5.43. The highest BCUT2D eigenvalue weighted by atomic mass is 31.3. The van der Waals surface area contributed by atoms with Gasteiger partial charge in [-0.3, -0.25) is 18.2 Å². The molecule has 0 spiro atoms. The third-order valence-electron chi connectivity index (χ3n) is 3.86. The van der Waals surface area contributed by atoms with Crippen LogP contribution in [-0.4, -0.2) is 44.7 Å². The summed E-state index contributed by atoms with van der Waals surface area (Å²) in [6.45, 7) is 0.830. The van der Waals surface area contributed by atoms with Crippen molar-refractivity contribution in [2.24, 2.45) is 0 Å². The molecule has 31 heavy (non-hydrogen) atoms. The smallest absolute Gasteiger partial charge is 0.280 e. The quantitative estimate of drug-likeness (QED) is 0.267. The molecular weight excluding hydrogens is 491 g/mol. The number of aromatic nitrogens is 2. The topological polar surface area (TPSA) is 282 Å². The van der Waals surface area contributed by atoms with Crippen LogP contribution in [0.5, 0.6) is 0 Å². The monoisotopic (exact) mass is 507 g/mol. The SMILES string of the molecule is CCn1cc(C2OC(COP(=O)([O-])OP(=O)([O-])OP(=O)([O-])[O-])C(O)C2O)c(=O)nc1N. The molecule has 0 radical (unpaired) electrons. The maximum atomic E-state index is 12.1. The van der Waals surface area contributed by atoms with Gasteiger partial charge in [-0.1, -0.05) is 0 Å². The van der Waals surface area contributed by atoms with Gasteiger partial charge < -0.3 is 53.9 Å². The number of aliphatic hydroxyl groups excluding tert-OH is 2. The molecule has 1 saturated heterocycles. The van der Waals surface area contributed by atoms with Gasteiger partial charge in [0.05, 0.1) is 20.0 Å². The van der Waals surface area contributed by atoms with Crippen LogP contribution in [-0.2, 0) is 38.1 Å². The number of rotatable bonds is 9. The molecule has 0 amide bonds. The molecule has 178 valence electrons. The second kappa shape index (κ2) is 9.45. The van der Waals surface area contributed by atoms with Gasteiger partial charge in [0.2, 0.25) is 5.95 Å². The van der Waals surface area contributed by atoms with Crippen LogP contribution in [0.1, 0.15) is 18.6 Å². The van der Waals surface area contributed by atoms with E-state index in [9.17, 15) is 48.3 Å². The molecule has 1 aromatic heterocycles. The van der Waals surface area contributed by atoms with Crippen molar-refractivity contribution < 1.29 is 61.4 Å². The first-order valence-corrected chi connectivity index (χ1v) is 12.5. The van der Waals surface area contributed by atoms with Gasteiger partial charge in [-0.05, 0) is 6.92 Å². The Morgan fingerprint density at radius 2 is 1.77 bits per heavy atom. The van der Waals surface area contributed by atoms with E-state index in [1.54, 1.807) is 6.92 Å². The second-order valence-corrected chi connectivity index (χ2v) is 10.3. The fourth-order valence-corrected chi connectivity index (χ4v) is 5.43. The number of nitrogen functional groups attached to an aromatic ring is 1. The summed E-state index contributed by atoms with van der Waals surface area (Å²) in [6, 6.07) is 0. The van der Waals surface area contributed by atoms with E-state index in [4.69, 9.17) is 10.5 Å². The Labute approximate surface area is 173 Å². The zero-order valence-electron chi connectivity index (χ0n) is 15.4. The Hall–Kier alpha value is -1.03. The van der Waals surface area contributed by atoms with Crippen molar-refractivity contribution in [3.63, 3.8) is 0 Å². The van der Waals surface area contributed by atoms with E-state index in [1.807, 2.05) is 0 Å². The molecule has 2 rings (SSSR count). The summed E-state index contributed by atoms with van der Waals surface area (Å²) >= 11 is 0. The number of nitrogens with zero attached hydrogens (tertiary/aromatic N) is 2. The van der Waals surface area contributed by atoms with Crippen molar-refractivity contribution in [2.75, 3.05) is 12.3 Å². The fourth-order valence-electron chi connectivity index (χ4n) is 2.56. The number of ether oxygens (including phenoxy) is 1. The minimum Gasteiger partial charge on any atom is -0.790 e. The van der Waals surface area contributed by atoms with E-state index < -0.39 is 60.1 Å². The third kappa shape index (κ3) is 6.97. The van der Waals surface area contributed by atoms with Gasteiger partial charge in [-0.2, -0.15) is 4.98 Å². The molecule has 1 aliphatic rings. The molecule has 1 fully saturated rings. The van der Waals surface area contributed by atoms with Crippen molar-refractivity contribution in [1.29, 1.82) is 0 Å². The highest BCUT2D eigenvalue weighted by Gasteiger charge is 2.45. The normalized spacial score (nSPS) is 28.2. The lowest BCUT2D eigenvalue weighted by Gasteiger charge is -2.37. The van der Waals surface area contributed by atoms with Gasteiger partial charge >= 0.3 is 0 Å². The Kier molecular flexibility index (Phi) is 7.99. The molecule has 20 heteroatoms. The van der Waals surface area contributed by atoms with Crippen molar-refractivity contribution in [2.45, 2.75) is 37.9 Å². The van der Waals surface area contributed by atoms with Crippen molar-refractivity contribution in [1.82, 2.24) is 9.55 Å². The summed E-state index contributed by atoms with van der Waals surface area (Å²) in [5.41, 5.74) is 4.45. The number of phosphoric ester groups is 1. The predicted molar refractivity (Wildman–Crippen MR) is 89.2 cm³/mol. The Morgan fingerprint density at radius 1 is 1.16 bits per heavy atom. The van der Waals surface area contributed by atoms with E-state index in [0.717, 1.165) is 0 Å². The van der Waals surface area contributed by atoms with Crippen molar-refractivity contribution >= 4 is 29.4 Å². The number of hydrogen-bond donors (Lipinski definition) is 3. The van der Waals surface area contributed by atoms with Crippen molar-refractivity contribution in [3.05, 3.63) is 22.1 Å². The van der Waals surface area contributed by atoms with Crippen LogP contribution >= 0.6 is 23.5 Å². The number of aliphatic hydroxyl groups is 2. The van der Waals surface area contributed by atoms with E-state index in [1.165, 1.54) is 10.8 Å². The van der Waals surface area contributed by atoms with Gasteiger partial charge in [-0.15, -0.1) is 0 Å². The molecule has 0 aliphatic carbocycles. The minimum atomic E-state index is -6.16. The van der Waals surface area contributed by atoms with Crippen molar-refractivity contribution in [3.8, 4) is 0 Å². The molecule has 6 unspecified atom stereocenters. The van der Waals surface area contributed by atoms with Gasteiger partial charge in [0.25, 0.3) is 21.2 Å². The first kappa shape index (κ1) is 26.2.